The van der Waals surface area contributed by atoms with Gasteiger partial charge in [0.2, 0.25) is 5.91 Å². The van der Waals surface area contributed by atoms with E-state index in [1.807, 2.05) is 0 Å². The van der Waals surface area contributed by atoms with Gasteiger partial charge in [0.15, 0.2) is 0 Å². The first kappa shape index (κ1) is 11.5. The fraction of sp³-hybridized carbons (Fsp3) is 0.900. The molecule has 0 spiro atoms. The van der Waals surface area contributed by atoms with Gasteiger partial charge in [-0.25, -0.2) is 0 Å². The Hall–Kier alpha value is -0.610. The second kappa shape index (κ2) is 5.98. The Balaban J connectivity index is 1.96. The van der Waals surface area contributed by atoms with Crippen LogP contribution < -0.4 is 5.32 Å². The van der Waals surface area contributed by atoms with E-state index in [0.717, 1.165) is 32.7 Å². The monoisotopic (exact) mass is 200 g/mol. The zero-order valence-corrected chi connectivity index (χ0v) is 9.08. The molecule has 1 saturated heterocycles. The zero-order chi connectivity index (χ0) is 10.4. The summed E-state index contributed by atoms with van der Waals surface area (Å²) in [7, 11) is 3.57. The van der Waals surface area contributed by atoms with E-state index in [9.17, 15) is 4.79 Å². The molecule has 1 rings (SSSR count). The lowest BCUT2D eigenvalue weighted by molar-refractivity contribution is -0.128. The van der Waals surface area contributed by atoms with Gasteiger partial charge < -0.3 is 15.0 Å². The molecule has 1 aliphatic rings. The van der Waals surface area contributed by atoms with E-state index in [-0.39, 0.29) is 5.91 Å². The molecule has 14 heavy (non-hydrogen) atoms. The number of hydrogen-bond donors (Lipinski definition) is 1. The van der Waals surface area contributed by atoms with Gasteiger partial charge in [-0.2, -0.15) is 0 Å². The minimum absolute atomic E-state index is 0.181. The average Bonchev–Trinajstić information content (AvgIpc) is 2.64. The largest absolute Gasteiger partial charge is 0.381 e. The summed E-state index contributed by atoms with van der Waals surface area (Å²) in [6, 6.07) is 0. The summed E-state index contributed by atoms with van der Waals surface area (Å²) in [6.45, 7) is 3.51. The van der Waals surface area contributed by atoms with Crippen molar-refractivity contribution in [2.45, 2.75) is 12.8 Å². The van der Waals surface area contributed by atoms with Gasteiger partial charge in [0.1, 0.15) is 0 Å². The normalized spacial score (nSPS) is 21.1. The van der Waals surface area contributed by atoms with Gasteiger partial charge in [-0.05, 0) is 12.3 Å². The molecular formula is C10H20N2O2. The molecule has 1 aliphatic heterocycles. The molecule has 1 unspecified atom stereocenters. The molecule has 0 saturated carbocycles. The Morgan fingerprint density at radius 1 is 1.57 bits per heavy atom. The van der Waals surface area contributed by atoms with Crippen molar-refractivity contribution in [1.29, 1.82) is 0 Å². The molecule has 0 aliphatic carbocycles. The topological polar surface area (TPSA) is 41.6 Å². The second-order valence-corrected chi connectivity index (χ2v) is 3.97. The fourth-order valence-corrected chi connectivity index (χ4v) is 1.47. The highest BCUT2D eigenvalue weighted by Gasteiger charge is 2.14. The van der Waals surface area contributed by atoms with Crippen LogP contribution in [0.1, 0.15) is 12.8 Å². The van der Waals surface area contributed by atoms with Gasteiger partial charge in [-0.1, -0.05) is 0 Å². The first-order valence-electron chi connectivity index (χ1n) is 5.18. The lowest BCUT2D eigenvalue weighted by atomic mass is 10.1. The number of nitrogens with one attached hydrogen (secondary N) is 1. The Kier molecular flexibility index (Phi) is 4.90. The molecule has 0 aromatic heterocycles. The number of amides is 1. The summed E-state index contributed by atoms with van der Waals surface area (Å²) < 4.78 is 5.26. The maximum absolute atomic E-state index is 11.2. The van der Waals surface area contributed by atoms with Crippen molar-refractivity contribution < 1.29 is 9.53 Å². The molecule has 0 aromatic rings. The van der Waals surface area contributed by atoms with Crippen LogP contribution in [-0.4, -0.2) is 51.2 Å². The van der Waals surface area contributed by atoms with Crippen LogP contribution in [0.3, 0.4) is 0 Å². The summed E-state index contributed by atoms with van der Waals surface area (Å²) >= 11 is 0. The molecule has 0 bridgehead atoms. The molecular weight excluding hydrogens is 180 g/mol. The number of carbonyl (C=O) groups excluding carboxylic acids is 1. The number of carbonyl (C=O) groups is 1. The molecule has 4 heteroatoms. The third-order valence-corrected chi connectivity index (χ3v) is 2.47. The highest BCUT2D eigenvalue weighted by Crippen LogP contribution is 2.10. The van der Waals surface area contributed by atoms with E-state index >= 15 is 0 Å². The van der Waals surface area contributed by atoms with Gasteiger partial charge in [-0.15, -0.1) is 0 Å². The van der Waals surface area contributed by atoms with Crippen molar-refractivity contribution in [1.82, 2.24) is 10.2 Å². The SMILES string of the molecule is CN(C)C(=O)CCNCC1CCOC1. The van der Waals surface area contributed by atoms with E-state index in [0.29, 0.717) is 12.3 Å². The molecule has 1 fully saturated rings. The van der Waals surface area contributed by atoms with Crippen molar-refractivity contribution in [3.05, 3.63) is 0 Å². The van der Waals surface area contributed by atoms with Gasteiger partial charge >= 0.3 is 0 Å². The van der Waals surface area contributed by atoms with Crippen molar-refractivity contribution >= 4 is 5.91 Å². The van der Waals surface area contributed by atoms with Crippen LogP contribution in [0, 0.1) is 5.92 Å². The van der Waals surface area contributed by atoms with E-state index in [4.69, 9.17) is 4.74 Å². The van der Waals surface area contributed by atoms with E-state index in [1.165, 1.54) is 0 Å². The van der Waals surface area contributed by atoms with Crippen molar-refractivity contribution in [2.24, 2.45) is 5.92 Å². The minimum Gasteiger partial charge on any atom is -0.381 e. The summed E-state index contributed by atoms with van der Waals surface area (Å²) in [4.78, 5) is 12.8. The summed E-state index contributed by atoms with van der Waals surface area (Å²) in [5, 5.41) is 3.29. The summed E-state index contributed by atoms with van der Waals surface area (Å²) in [5.74, 6) is 0.824. The highest BCUT2D eigenvalue weighted by molar-refractivity contribution is 5.75. The van der Waals surface area contributed by atoms with Gasteiger partial charge in [0, 0.05) is 40.2 Å². The molecule has 1 atom stereocenters. The second-order valence-electron chi connectivity index (χ2n) is 3.97. The van der Waals surface area contributed by atoms with Crippen molar-refractivity contribution in [3.8, 4) is 0 Å². The summed E-state index contributed by atoms with van der Waals surface area (Å²) in [6.07, 6.45) is 1.73. The van der Waals surface area contributed by atoms with Crippen LogP contribution in [0.25, 0.3) is 0 Å². The lowest BCUT2D eigenvalue weighted by Crippen LogP contribution is -2.29. The van der Waals surface area contributed by atoms with E-state index < -0.39 is 0 Å². The van der Waals surface area contributed by atoms with Crippen LogP contribution in [0.2, 0.25) is 0 Å². The van der Waals surface area contributed by atoms with Gasteiger partial charge in [0.05, 0.1) is 6.61 Å². The van der Waals surface area contributed by atoms with Crippen molar-refractivity contribution in [3.63, 3.8) is 0 Å². The Morgan fingerprint density at radius 3 is 2.93 bits per heavy atom. The smallest absolute Gasteiger partial charge is 0.223 e. The van der Waals surface area contributed by atoms with Gasteiger partial charge in [-0.3, -0.25) is 4.79 Å². The predicted molar refractivity (Wildman–Crippen MR) is 55.1 cm³/mol. The standard InChI is InChI=1S/C10H20N2O2/c1-12(2)10(13)3-5-11-7-9-4-6-14-8-9/h9,11H,3-8H2,1-2H3. The van der Waals surface area contributed by atoms with Crippen LogP contribution in [0.15, 0.2) is 0 Å². The first-order valence-corrected chi connectivity index (χ1v) is 5.18. The molecule has 0 aromatic carbocycles. The Morgan fingerprint density at radius 2 is 2.36 bits per heavy atom. The van der Waals surface area contributed by atoms with Crippen LogP contribution in [0.5, 0.6) is 0 Å². The number of hydrogen-bond acceptors (Lipinski definition) is 3. The Bertz CT molecular complexity index is 177. The molecule has 0 radical (unpaired) electrons. The quantitative estimate of drug-likeness (QED) is 0.640. The lowest BCUT2D eigenvalue weighted by Gasteiger charge is -2.12. The predicted octanol–water partition coefficient (Wildman–Crippen LogP) is 0.0908. The number of nitrogens with zero attached hydrogens (tertiary/aromatic N) is 1. The van der Waals surface area contributed by atoms with Crippen molar-refractivity contribution in [2.75, 3.05) is 40.4 Å². The van der Waals surface area contributed by atoms with Crippen LogP contribution in [-0.2, 0) is 9.53 Å². The van der Waals surface area contributed by atoms with Crippen LogP contribution in [0.4, 0.5) is 0 Å². The number of ether oxygens (including phenoxy) is 1. The molecule has 1 amide bonds. The maximum Gasteiger partial charge on any atom is 0.223 e. The minimum atomic E-state index is 0.181. The molecule has 4 nitrogen and oxygen atoms in total. The van der Waals surface area contributed by atoms with Crippen LogP contribution >= 0.6 is 0 Å². The van der Waals surface area contributed by atoms with E-state index in [2.05, 4.69) is 5.32 Å². The fourth-order valence-electron chi connectivity index (χ4n) is 1.47. The third kappa shape index (κ3) is 4.07. The van der Waals surface area contributed by atoms with E-state index in [1.54, 1.807) is 19.0 Å². The molecule has 1 heterocycles. The third-order valence-electron chi connectivity index (χ3n) is 2.47. The average molecular weight is 200 g/mol. The number of rotatable bonds is 5. The molecule has 82 valence electrons. The Labute approximate surface area is 85.6 Å². The summed E-state index contributed by atoms with van der Waals surface area (Å²) in [5.41, 5.74) is 0. The highest BCUT2D eigenvalue weighted by atomic mass is 16.5. The van der Waals surface area contributed by atoms with Gasteiger partial charge in [0.25, 0.3) is 0 Å². The first-order chi connectivity index (χ1) is 6.70. The maximum atomic E-state index is 11.2. The zero-order valence-electron chi connectivity index (χ0n) is 9.08. The molecule has 1 N–H and O–H groups in total.